The van der Waals surface area contributed by atoms with Gasteiger partial charge in [-0.3, -0.25) is 14.6 Å². The Morgan fingerprint density at radius 1 is 1.12 bits per heavy atom. The second-order valence-corrected chi connectivity index (χ2v) is 5.61. The maximum atomic E-state index is 12.6. The number of hydrogen-bond donors (Lipinski definition) is 0. The van der Waals surface area contributed by atoms with Gasteiger partial charge in [-0.15, -0.1) is 0 Å². The number of hydrogen-bond acceptors (Lipinski definition) is 4. The van der Waals surface area contributed by atoms with Crippen molar-refractivity contribution in [1.82, 2.24) is 9.55 Å². The highest BCUT2D eigenvalue weighted by Gasteiger charge is 2.30. The third-order valence-electron chi connectivity index (χ3n) is 4.17. The van der Waals surface area contributed by atoms with E-state index in [1.165, 1.54) is 13.2 Å². The Labute approximate surface area is 138 Å². The van der Waals surface area contributed by atoms with Gasteiger partial charge >= 0.3 is 0 Å². The van der Waals surface area contributed by atoms with Gasteiger partial charge in [-0.1, -0.05) is 30.3 Å². The molecule has 5 nitrogen and oxygen atoms in total. The smallest absolute Gasteiger partial charge is 0.224 e. The molecule has 0 fully saturated rings. The SMILES string of the molecule is COc1cn2c(cc1=O)C(=O)c1ccnc(Cc3ccccc3)c1-2. The molecule has 3 aromatic rings. The van der Waals surface area contributed by atoms with Crippen molar-refractivity contribution in [1.29, 1.82) is 0 Å². The summed E-state index contributed by atoms with van der Waals surface area (Å²) >= 11 is 0. The highest BCUT2D eigenvalue weighted by molar-refractivity contribution is 6.14. The second kappa shape index (κ2) is 5.45. The number of carbonyl (C=O) groups is 1. The van der Waals surface area contributed by atoms with Crippen LogP contribution in [0.2, 0.25) is 0 Å². The number of rotatable bonds is 3. The maximum absolute atomic E-state index is 12.6. The van der Waals surface area contributed by atoms with Crippen LogP contribution in [0.25, 0.3) is 5.69 Å². The highest BCUT2D eigenvalue weighted by Crippen LogP contribution is 2.31. The van der Waals surface area contributed by atoms with Crippen LogP contribution in [-0.2, 0) is 6.42 Å². The van der Waals surface area contributed by atoms with Crippen LogP contribution in [0.5, 0.6) is 5.75 Å². The van der Waals surface area contributed by atoms with Crippen molar-refractivity contribution >= 4 is 5.78 Å². The molecule has 0 spiro atoms. The Kier molecular flexibility index (Phi) is 3.27. The predicted molar refractivity (Wildman–Crippen MR) is 89.1 cm³/mol. The van der Waals surface area contributed by atoms with Crippen LogP contribution in [-0.4, -0.2) is 22.4 Å². The van der Waals surface area contributed by atoms with E-state index < -0.39 is 0 Å². The van der Waals surface area contributed by atoms with Crippen LogP contribution in [0.3, 0.4) is 0 Å². The second-order valence-electron chi connectivity index (χ2n) is 5.61. The zero-order chi connectivity index (χ0) is 16.7. The summed E-state index contributed by atoms with van der Waals surface area (Å²) in [6.07, 6.45) is 3.81. The summed E-state index contributed by atoms with van der Waals surface area (Å²) in [6.45, 7) is 0. The molecule has 24 heavy (non-hydrogen) atoms. The number of ketones is 1. The van der Waals surface area contributed by atoms with Crippen LogP contribution in [0.1, 0.15) is 27.3 Å². The summed E-state index contributed by atoms with van der Waals surface area (Å²) in [6, 6.07) is 13.0. The minimum absolute atomic E-state index is 0.165. The van der Waals surface area contributed by atoms with Crippen molar-refractivity contribution in [3.8, 4) is 11.4 Å². The van der Waals surface area contributed by atoms with Gasteiger partial charge in [-0.2, -0.15) is 0 Å². The Morgan fingerprint density at radius 2 is 1.92 bits per heavy atom. The van der Waals surface area contributed by atoms with Gasteiger partial charge < -0.3 is 9.30 Å². The normalized spacial score (nSPS) is 12.0. The number of methoxy groups -OCH3 is 1. The van der Waals surface area contributed by atoms with Crippen molar-refractivity contribution in [3.63, 3.8) is 0 Å². The molecule has 0 aliphatic carbocycles. The lowest BCUT2D eigenvalue weighted by atomic mass is 10.0. The quantitative estimate of drug-likeness (QED) is 0.582. The van der Waals surface area contributed by atoms with Gasteiger partial charge in [0.15, 0.2) is 5.75 Å². The van der Waals surface area contributed by atoms with Crippen molar-refractivity contribution < 1.29 is 9.53 Å². The standard InChI is InChI=1S/C19H14N2O3/c1-24-17-11-21-15(10-16(17)22)19(23)13-7-8-20-14(18(13)21)9-12-5-3-2-4-6-12/h2-8,10-11H,9H2,1H3. The van der Waals surface area contributed by atoms with Crippen LogP contribution in [0.4, 0.5) is 0 Å². The molecule has 118 valence electrons. The van der Waals surface area contributed by atoms with E-state index in [1.54, 1.807) is 23.0 Å². The summed E-state index contributed by atoms with van der Waals surface area (Å²) < 4.78 is 6.83. The first-order chi connectivity index (χ1) is 11.7. The minimum atomic E-state index is -0.303. The molecule has 0 N–H and O–H groups in total. The van der Waals surface area contributed by atoms with Crippen molar-refractivity contribution in [2.24, 2.45) is 0 Å². The van der Waals surface area contributed by atoms with Gasteiger partial charge in [0, 0.05) is 18.7 Å². The van der Waals surface area contributed by atoms with E-state index >= 15 is 0 Å². The fourth-order valence-electron chi connectivity index (χ4n) is 3.03. The van der Waals surface area contributed by atoms with Crippen LogP contribution < -0.4 is 10.2 Å². The molecule has 0 radical (unpaired) electrons. The summed E-state index contributed by atoms with van der Waals surface area (Å²) in [5.41, 5.74) is 3.22. The van der Waals surface area contributed by atoms with Crippen molar-refractivity contribution in [2.45, 2.75) is 6.42 Å². The summed E-state index contributed by atoms with van der Waals surface area (Å²) in [5, 5.41) is 0. The number of pyridine rings is 2. The Bertz CT molecular complexity index is 1010. The van der Waals surface area contributed by atoms with Gasteiger partial charge in [0.25, 0.3) is 0 Å². The lowest BCUT2D eigenvalue weighted by Crippen LogP contribution is -2.12. The summed E-state index contributed by atoms with van der Waals surface area (Å²) in [4.78, 5) is 29.1. The van der Waals surface area contributed by atoms with Crippen molar-refractivity contribution in [3.05, 3.63) is 87.6 Å². The zero-order valence-electron chi connectivity index (χ0n) is 13.0. The third kappa shape index (κ3) is 2.13. The molecule has 0 amide bonds. The molecule has 1 aliphatic heterocycles. The molecule has 3 heterocycles. The van der Waals surface area contributed by atoms with E-state index in [0.717, 1.165) is 16.9 Å². The molecular formula is C19H14N2O3. The maximum Gasteiger partial charge on any atom is 0.224 e. The molecule has 0 unspecified atom stereocenters. The van der Waals surface area contributed by atoms with Gasteiger partial charge in [0.1, 0.15) is 0 Å². The van der Waals surface area contributed by atoms with E-state index in [4.69, 9.17) is 4.74 Å². The molecule has 1 aliphatic rings. The zero-order valence-corrected chi connectivity index (χ0v) is 13.0. The topological polar surface area (TPSA) is 61.2 Å². The van der Waals surface area contributed by atoms with Gasteiger partial charge in [-0.25, -0.2) is 0 Å². The van der Waals surface area contributed by atoms with Gasteiger partial charge in [-0.05, 0) is 11.6 Å². The first-order valence-electron chi connectivity index (χ1n) is 7.56. The van der Waals surface area contributed by atoms with Crippen LogP contribution in [0, 0.1) is 0 Å². The van der Waals surface area contributed by atoms with Gasteiger partial charge in [0.05, 0.1) is 35.9 Å². The predicted octanol–water partition coefficient (Wildman–Crippen LogP) is 2.38. The Balaban J connectivity index is 1.92. The minimum Gasteiger partial charge on any atom is -0.491 e. The van der Waals surface area contributed by atoms with E-state index in [2.05, 4.69) is 4.98 Å². The van der Waals surface area contributed by atoms with Crippen LogP contribution >= 0.6 is 0 Å². The molecular weight excluding hydrogens is 304 g/mol. The van der Waals surface area contributed by atoms with E-state index in [9.17, 15) is 9.59 Å². The number of carbonyl (C=O) groups excluding carboxylic acids is 1. The third-order valence-corrected chi connectivity index (χ3v) is 4.17. The Morgan fingerprint density at radius 3 is 2.67 bits per heavy atom. The number of ether oxygens (including phenoxy) is 1. The number of aromatic nitrogens is 2. The lowest BCUT2D eigenvalue weighted by Gasteiger charge is -2.11. The molecule has 2 aromatic heterocycles. The molecule has 0 bridgehead atoms. The molecule has 0 atom stereocenters. The monoisotopic (exact) mass is 318 g/mol. The van der Waals surface area contributed by atoms with E-state index in [1.807, 2.05) is 30.3 Å². The van der Waals surface area contributed by atoms with Crippen molar-refractivity contribution in [2.75, 3.05) is 7.11 Å². The lowest BCUT2D eigenvalue weighted by molar-refractivity contribution is 0.103. The Hall–Kier alpha value is -3.21. The number of benzene rings is 1. The molecule has 0 saturated carbocycles. The molecule has 4 rings (SSSR count). The van der Waals surface area contributed by atoms with Gasteiger partial charge in [0.2, 0.25) is 11.2 Å². The number of nitrogens with zero attached hydrogens (tertiary/aromatic N) is 2. The molecule has 0 saturated heterocycles. The first kappa shape index (κ1) is 14.4. The summed E-state index contributed by atoms with van der Waals surface area (Å²) in [5.74, 6) is 0.0374. The molecule has 1 aromatic carbocycles. The number of fused-ring (bicyclic) bond motifs is 3. The highest BCUT2D eigenvalue weighted by atomic mass is 16.5. The largest absolute Gasteiger partial charge is 0.491 e. The first-order valence-corrected chi connectivity index (χ1v) is 7.56. The molecule has 5 heteroatoms. The van der Waals surface area contributed by atoms with Crippen LogP contribution in [0.15, 0.2) is 59.7 Å². The van der Waals surface area contributed by atoms with E-state index in [0.29, 0.717) is 17.7 Å². The summed E-state index contributed by atoms with van der Waals surface area (Å²) in [7, 11) is 1.44. The average Bonchev–Trinajstić information content (AvgIpc) is 2.88. The fraction of sp³-hybridized carbons (Fsp3) is 0.105. The average molecular weight is 318 g/mol. The fourth-order valence-corrected chi connectivity index (χ4v) is 3.03. The van der Waals surface area contributed by atoms with E-state index in [-0.39, 0.29) is 17.0 Å².